The number of hydrogen-bond acceptors (Lipinski definition) is 6. The van der Waals surface area contributed by atoms with Gasteiger partial charge in [-0.2, -0.15) is 0 Å². The lowest BCUT2D eigenvalue weighted by atomic mass is 10.1. The fourth-order valence-electron chi connectivity index (χ4n) is 1.47. The van der Waals surface area contributed by atoms with Crippen molar-refractivity contribution in [3.05, 3.63) is 0 Å². The highest BCUT2D eigenvalue weighted by molar-refractivity contribution is 7.79. The highest BCUT2D eigenvalue weighted by atomic mass is 32.1. The largest absolute Gasteiger partial charge is 0.447 e. The van der Waals surface area contributed by atoms with Gasteiger partial charge in [0.2, 0.25) is 0 Å². The molecule has 0 aromatic rings. The molecule has 2 saturated heterocycles. The number of aliphatic hydroxyl groups is 1. The van der Waals surface area contributed by atoms with Crippen molar-refractivity contribution in [2.24, 2.45) is 0 Å². The predicted octanol–water partition coefficient (Wildman–Crippen LogP) is -0.581. The van der Waals surface area contributed by atoms with E-state index in [1.54, 1.807) is 0 Å². The van der Waals surface area contributed by atoms with Crippen molar-refractivity contribution in [1.82, 2.24) is 0 Å². The minimum Gasteiger partial charge on any atom is -0.447 e. The van der Waals surface area contributed by atoms with Gasteiger partial charge in [-0.25, -0.2) is 0 Å². The van der Waals surface area contributed by atoms with Crippen LogP contribution in [0, 0.1) is 0 Å². The summed E-state index contributed by atoms with van der Waals surface area (Å²) in [5.41, 5.74) is 0. The Kier molecular flexibility index (Phi) is 2.37. The Morgan fingerprint density at radius 2 is 2.31 bits per heavy atom. The van der Waals surface area contributed by atoms with E-state index in [0.717, 1.165) is 0 Å². The highest BCUT2D eigenvalue weighted by Crippen LogP contribution is 2.26. The van der Waals surface area contributed by atoms with E-state index < -0.39 is 18.5 Å². The SMILES string of the molecule is CO[C@H]1OC[C@@H]2OC(=S)O[C@@H]2[C@H]1O. The Bertz CT molecular complexity index is 221. The number of thiocarbonyl (C=S) groups is 1. The molecule has 4 atom stereocenters. The normalized spacial score (nSPS) is 43.7. The summed E-state index contributed by atoms with van der Waals surface area (Å²) in [6, 6.07) is 0. The summed E-state index contributed by atoms with van der Waals surface area (Å²) in [5, 5.41) is 9.71. The van der Waals surface area contributed by atoms with Crippen LogP contribution in [0.5, 0.6) is 0 Å². The van der Waals surface area contributed by atoms with Crippen LogP contribution in [0.2, 0.25) is 0 Å². The molecule has 0 aliphatic carbocycles. The fraction of sp³-hybridized carbons (Fsp3) is 0.857. The molecule has 2 heterocycles. The van der Waals surface area contributed by atoms with Crippen LogP contribution >= 0.6 is 12.2 Å². The third kappa shape index (κ3) is 1.50. The molecule has 13 heavy (non-hydrogen) atoms. The third-order valence-electron chi connectivity index (χ3n) is 2.12. The Labute approximate surface area is 80.5 Å². The molecule has 2 aliphatic heterocycles. The van der Waals surface area contributed by atoms with Crippen molar-refractivity contribution in [2.45, 2.75) is 24.6 Å². The van der Waals surface area contributed by atoms with Gasteiger partial charge in [0, 0.05) is 19.3 Å². The molecule has 2 aliphatic rings. The Morgan fingerprint density at radius 3 is 3.00 bits per heavy atom. The zero-order valence-electron chi connectivity index (χ0n) is 7.00. The first-order chi connectivity index (χ1) is 6.22. The van der Waals surface area contributed by atoms with Gasteiger partial charge in [0.15, 0.2) is 18.5 Å². The lowest BCUT2D eigenvalue weighted by Gasteiger charge is -2.32. The van der Waals surface area contributed by atoms with Gasteiger partial charge in [-0.15, -0.1) is 0 Å². The molecule has 0 aromatic heterocycles. The minimum absolute atomic E-state index is 0.0643. The number of methoxy groups -OCH3 is 1. The van der Waals surface area contributed by atoms with Gasteiger partial charge in [0.1, 0.15) is 6.10 Å². The average molecular weight is 206 g/mol. The monoisotopic (exact) mass is 206 g/mol. The highest BCUT2D eigenvalue weighted by Gasteiger charge is 2.47. The van der Waals surface area contributed by atoms with E-state index in [4.69, 9.17) is 31.2 Å². The summed E-state index contributed by atoms with van der Waals surface area (Å²) in [6.07, 6.45) is -2.30. The number of hydrogen-bond donors (Lipinski definition) is 1. The number of aliphatic hydroxyl groups excluding tert-OH is 1. The second kappa shape index (κ2) is 3.38. The molecule has 0 bridgehead atoms. The molecule has 2 fully saturated rings. The molecule has 0 amide bonds. The Morgan fingerprint density at radius 1 is 1.54 bits per heavy atom. The maximum atomic E-state index is 9.64. The zero-order valence-corrected chi connectivity index (χ0v) is 7.82. The van der Waals surface area contributed by atoms with Crippen molar-refractivity contribution in [2.75, 3.05) is 13.7 Å². The van der Waals surface area contributed by atoms with Crippen LogP contribution in [0.4, 0.5) is 0 Å². The summed E-state index contributed by atoms with van der Waals surface area (Å²) in [7, 11) is 1.46. The van der Waals surface area contributed by atoms with Crippen molar-refractivity contribution < 1.29 is 24.1 Å². The van der Waals surface area contributed by atoms with Crippen LogP contribution in [-0.4, -0.2) is 48.7 Å². The van der Waals surface area contributed by atoms with Gasteiger partial charge in [-0.1, -0.05) is 0 Å². The first-order valence-electron chi connectivity index (χ1n) is 3.92. The standard InChI is InChI=1S/C7H10O5S/c1-9-6-4(8)5-3(2-10-6)11-7(13)12-5/h3-6,8H,2H2,1H3/t3-,4+,5-,6-/m0/s1. The molecule has 74 valence electrons. The fourth-order valence-corrected chi connectivity index (χ4v) is 1.71. The molecule has 0 aromatic carbocycles. The van der Waals surface area contributed by atoms with E-state index in [-0.39, 0.29) is 11.3 Å². The predicted molar refractivity (Wildman–Crippen MR) is 45.1 cm³/mol. The van der Waals surface area contributed by atoms with Crippen LogP contribution in [0.1, 0.15) is 0 Å². The second-order valence-corrected chi connectivity index (χ2v) is 3.25. The van der Waals surface area contributed by atoms with E-state index in [1.807, 2.05) is 0 Å². The molecule has 0 radical (unpaired) electrons. The summed E-state index contributed by atoms with van der Waals surface area (Å²) in [4.78, 5) is 0. The quantitative estimate of drug-likeness (QED) is 0.579. The summed E-state index contributed by atoms with van der Waals surface area (Å²) < 4.78 is 20.3. The van der Waals surface area contributed by atoms with Crippen molar-refractivity contribution >= 4 is 17.5 Å². The lowest BCUT2D eigenvalue weighted by molar-refractivity contribution is -0.240. The molecule has 0 spiro atoms. The van der Waals surface area contributed by atoms with Crippen LogP contribution < -0.4 is 0 Å². The summed E-state index contributed by atoms with van der Waals surface area (Å²) in [5.74, 6) is 0. The van der Waals surface area contributed by atoms with Gasteiger partial charge in [-0.05, 0) is 0 Å². The number of fused-ring (bicyclic) bond motifs is 1. The molecule has 0 unspecified atom stereocenters. The molecule has 6 heteroatoms. The Hall–Kier alpha value is -0.430. The Balaban J connectivity index is 2.07. The average Bonchev–Trinajstić information content (AvgIpc) is 2.47. The lowest BCUT2D eigenvalue weighted by Crippen LogP contribution is -2.52. The number of rotatable bonds is 1. The first kappa shape index (κ1) is 9.14. The summed E-state index contributed by atoms with van der Waals surface area (Å²) in [6.45, 7) is 0.320. The molecule has 0 saturated carbocycles. The molecule has 1 N–H and O–H groups in total. The molecule has 5 nitrogen and oxygen atoms in total. The minimum atomic E-state index is -0.857. The van der Waals surface area contributed by atoms with E-state index in [2.05, 4.69) is 0 Å². The topological polar surface area (TPSA) is 57.2 Å². The molecular weight excluding hydrogens is 196 g/mol. The van der Waals surface area contributed by atoms with Gasteiger partial charge < -0.3 is 24.1 Å². The van der Waals surface area contributed by atoms with Gasteiger partial charge >= 0.3 is 5.24 Å². The van der Waals surface area contributed by atoms with Crippen LogP contribution in [0.15, 0.2) is 0 Å². The summed E-state index contributed by atoms with van der Waals surface area (Å²) >= 11 is 4.71. The molecular formula is C7H10O5S. The maximum absolute atomic E-state index is 9.64. The third-order valence-corrected chi connectivity index (χ3v) is 2.31. The van der Waals surface area contributed by atoms with Gasteiger partial charge in [-0.3, -0.25) is 0 Å². The number of ether oxygens (including phenoxy) is 4. The van der Waals surface area contributed by atoms with Crippen molar-refractivity contribution in [3.8, 4) is 0 Å². The van der Waals surface area contributed by atoms with Gasteiger partial charge in [0.05, 0.1) is 6.61 Å². The van der Waals surface area contributed by atoms with E-state index in [0.29, 0.717) is 6.61 Å². The van der Waals surface area contributed by atoms with Crippen molar-refractivity contribution in [3.63, 3.8) is 0 Å². The van der Waals surface area contributed by atoms with Crippen LogP contribution in [-0.2, 0) is 18.9 Å². The van der Waals surface area contributed by atoms with Crippen LogP contribution in [0.3, 0.4) is 0 Å². The van der Waals surface area contributed by atoms with E-state index in [9.17, 15) is 5.11 Å². The van der Waals surface area contributed by atoms with Gasteiger partial charge in [0.25, 0.3) is 0 Å². The zero-order chi connectivity index (χ0) is 9.42. The van der Waals surface area contributed by atoms with E-state index in [1.165, 1.54) is 7.11 Å². The first-order valence-corrected chi connectivity index (χ1v) is 4.33. The molecule has 2 rings (SSSR count). The smallest absolute Gasteiger partial charge is 0.353 e. The van der Waals surface area contributed by atoms with Crippen molar-refractivity contribution in [1.29, 1.82) is 0 Å². The maximum Gasteiger partial charge on any atom is 0.353 e. The van der Waals surface area contributed by atoms with Crippen LogP contribution in [0.25, 0.3) is 0 Å². The second-order valence-electron chi connectivity index (χ2n) is 2.92. The van der Waals surface area contributed by atoms with E-state index >= 15 is 0 Å².